The summed E-state index contributed by atoms with van der Waals surface area (Å²) in [4.78, 5) is 2.25. The predicted molar refractivity (Wildman–Crippen MR) is 81.3 cm³/mol. The van der Waals surface area contributed by atoms with Crippen LogP contribution in [0.1, 0.15) is 25.5 Å². The molecule has 0 bridgehead atoms. The van der Waals surface area contributed by atoms with E-state index in [1.165, 1.54) is 6.07 Å². The molecule has 1 unspecified atom stereocenters. The molecule has 2 rings (SSSR count). The Balaban J connectivity index is 2.29. The SMILES string of the molecule is CC1(C)CN(C(CN)c2c(F)cccc2Cl)CCS1. The first-order valence-electron chi connectivity index (χ1n) is 6.46. The van der Waals surface area contributed by atoms with Gasteiger partial charge in [0, 0.05) is 40.7 Å². The Bertz CT molecular complexity index is 433. The van der Waals surface area contributed by atoms with Crippen LogP contribution in [0.25, 0.3) is 0 Å². The van der Waals surface area contributed by atoms with Crippen LogP contribution < -0.4 is 5.73 Å². The van der Waals surface area contributed by atoms with Gasteiger partial charge in [-0.25, -0.2) is 4.39 Å². The molecule has 0 aromatic heterocycles. The van der Waals surface area contributed by atoms with Gasteiger partial charge in [-0.3, -0.25) is 4.90 Å². The fraction of sp³-hybridized carbons (Fsp3) is 0.571. The van der Waals surface area contributed by atoms with Crippen LogP contribution in [-0.4, -0.2) is 35.0 Å². The Morgan fingerprint density at radius 3 is 2.84 bits per heavy atom. The van der Waals surface area contributed by atoms with Crippen molar-refractivity contribution < 1.29 is 4.39 Å². The molecule has 1 aliphatic rings. The lowest BCUT2D eigenvalue weighted by Crippen LogP contribution is -2.47. The van der Waals surface area contributed by atoms with Crippen LogP contribution in [0.4, 0.5) is 4.39 Å². The molecule has 1 aromatic carbocycles. The van der Waals surface area contributed by atoms with Gasteiger partial charge < -0.3 is 5.73 Å². The van der Waals surface area contributed by atoms with Crippen molar-refractivity contribution in [2.75, 3.05) is 25.4 Å². The maximum atomic E-state index is 14.1. The average Bonchev–Trinajstić information content (AvgIpc) is 2.32. The third-order valence-corrected chi connectivity index (χ3v) is 5.08. The zero-order valence-corrected chi connectivity index (χ0v) is 12.9. The van der Waals surface area contributed by atoms with Crippen molar-refractivity contribution in [3.63, 3.8) is 0 Å². The first kappa shape index (κ1) is 15.1. The highest BCUT2D eigenvalue weighted by molar-refractivity contribution is 8.00. The number of rotatable bonds is 3. The number of benzene rings is 1. The molecule has 0 aliphatic carbocycles. The van der Waals surface area contributed by atoms with Crippen molar-refractivity contribution in [2.45, 2.75) is 24.6 Å². The van der Waals surface area contributed by atoms with Crippen molar-refractivity contribution in [3.8, 4) is 0 Å². The van der Waals surface area contributed by atoms with E-state index in [2.05, 4.69) is 18.7 Å². The molecule has 0 amide bonds. The predicted octanol–water partition coefficient (Wildman–Crippen LogP) is 3.31. The normalized spacial score (nSPS) is 21.3. The van der Waals surface area contributed by atoms with Crippen LogP contribution in [0.3, 0.4) is 0 Å². The quantitative estimate of drug-likeness (QED) is 0.929. The second-order valence-corrected chi connectivity index (χ2v) is 7.67. The number of nitrogens with two attached hydrogens (primary N) is 1. The Morgan fingerprint density at radius 2 is 2.26 bits per heavy atom. The van der Waals surface area contributed by atoms with E-state index in [-0.39, 0.29) is 16.6 Å². The molecule has 106 valence electrons. The summed E-state index contributed by atoms with van der Waals surface area (Å²) in [6.07, 6.45) is 0. The largest absolute Gasteiger partial charge is 0.329 e. The Labute approximate surface area is 123 Å². The molecule has 1 saturated heterocycles. The van der Waals surface area contributed by atoms with Gasteiger partial charge in [-0.1, -0.05) is 17.7 Å². The first-order valence-corrected chi connectivity index (χ1v) is 7.83. The van der Waals surface area contributed by atoms with E-state index >= 15 is 0 Å². The summed E-state index contributed by atoms with van der Waals surface area (Å²) < 4.78 is 14.2. The van der Waals surface area contributed by atoms with E-state index < -0.39 is 0 Å². The van der Waals surface area contributed by atoms with Crippen LogP contribution >= 0.6 is 23.4 Å². The minimum atomic E-state index is -0.265. The maximum absolute atomic E-state index is 14.1. The molecule has 1 aliphatic heterocycles. The van der Waals surface area contributed by atoms with Crippen molar-refractivity contribution >= 4 is 23.4 Å². The number of thioether (sulfide) groups is 1. The van der Waals surface area contributed by atoms with Gasteiger partial charge in [0.05, 0.1) is 6.04 Å². The highest BCUT2D eigenvalue weighted by atomic mass is 35.5. The van der Waals surface area contributed by atoms with Gasteiger partial charge in [0.15, 0.2) is 0 Å². The summed E-state index contributed by atoms with van der Waals surface area (Å²) in [5.41, 5.74) is 6.42. The zero-order valence-electron chi connectivity index (χ0n) is 11.3. The summed E-state index contributed by atoms with van der Waals surface area (Å²) >= 11 is 8.11. The fourth-order valence-corrected chi connectivity index (χ4v) is 4.02. The smallest absolute Gasteiger partial charge is 0.129 e. The van der Waals surface area contributed by atoms with Gasteiger partial charge in [0.25, 0.3) is 0 Å². The van der Waals surface area contributed by atoms with Crippen LogP contribution in [-0.2, 0) is 0 Å². The molecule has 0 radical (unpaired) electrons. The lowest BCUT2D eigenvalue weighted by atomic mass is 10.0. The molecule has 0 spiro atoms. The molecule has 1 aromatic rings. The van der Waals surface area contributed by atoms with Gasteiger partial charge in [-0.2, -0.15) is 11.8 Å². The van der Waals surface area contributed by atoms with Gasteiger partial charge in [-0.05, 0) is 26.0 Å². The highest BCUT2D eigenvalue weighted by Crippen LogP contribution is 2.36. The average molecular weight is 303 g/mol. The molecule has 0 saturated carbocycles. The zero-order chi connectivity index (χ0) is 14.0. The third-order valence-electron chi connectivity index (χ3n) is 3.45. The van der Waals surface area contributed by atoms with Gasteiger partial charge in [0.1, 0.15) is 5.82 Å². The van der Waals surface area contributed by atoms with Crippen molar-refractivity contribution in [1.82, 2.24) is 4.90 Å². The molecule has 1 fully saturated rings. The lowest BCUT2D eigenvalue weighted by Gasteiger charge is -2.42. The molecule has 2 nitrogen and oxygen atoms in total. The summed E-state index contributed by atoms with van der Waals surface area (Å²) in [5.74, 6) is 0.772. The molecule has 1 atom stereocenters. The maximum Gasteiger partial charge on any atom is 0.129 e. The van der Waals surface area contributed by atoms with E-state index in [9.17, 15) is 4.39 Å². The molecular weight excluding hydrogens is 283 g/mol. The molecule has 5 heteroatoms. The van der Waals surface area contributed by atoms with Gasteiger partial charge in [0.2, 0.25) is 0 Å². The summed E-state index contributed by atoms with van der Waals surface area (Å²) in [6, 6.07) is 4.67. The standard InChI is InChI=1S/C14H20ClFN2S/c1-14(2)9-18(6-7-19-14)12(8-17)13-10(15)4-3-5-11(13)16/h3-5,12H,6-9,17H2,1-2H3. The molecule has 19 heavy (non-hydrogen) atoms. The van der Waals surface area contributed by atoms with Gasteiger partial charge >= 0.3 is 0 Å². The highest BCUT2D eigenvalue weighted by Gasteiger charge is 2.33. The minimum absolute atomic E-state index is 0.145. The van der Waals surface area contributed by atoms with Crippen LogP contribution in [0, 0.1) is 5.82 Å². The summed E-state index contributed by atoms with van der Waals surface area (Å²) in [6.45, 7) is 6.60. The van der Waals surface area contributed by atoms with E-state index in [1.807, 2.05) is 11.8 Å². The van der Waals surface area contributed by atoms with Crippen molar-refractivity contribution in [2.24, 2.45) is 5.73 Å². The Kier molecular flexibility index (Phi) is 4.77. The van der Waals surface area contributed by atoms with Crippen LogP contribution in [0.2, 0.25) is 5.02 Å². The van der Waals surface area contributed by atoms with Crippen molar-refractivity contribution in [1.29, 1.82) is 0 Å². The minimum Gasteiger partial charge on any atom is -0.329 e. The van der Waals surface area contributed by atoms with Crippen LogP contribution in [0.15, 0.2) is 18.2 Å². The second kappa shape index (κ2) is 6.00. The molecular formula is C14H20ClFN2S. The summed E-state index contributed by atoms with van der Waals surface area (Å²) in [5, 5.41) is 0.464. The topological polar surface area (TPSA) is 29.3 Å². The Morgan fingerprint density at radius 1 is 1.53 bits per heavy atom. The van der Waals surface area contributed by atoms with Crippen LogP contribution in [0.5, 0.6) is 0 Å². The number of halogens is 2. The molecule has 2 N–H and O–H groups in total. The van der Waals surface area contributed by atoms with E-state index in [1.54, 1.807) is 12.1 Å². The number of nitrogens with zero attached hydrogens (tertiary/aromatic N) is 1. The van der Waals surface area contributed by atoms with E-state index in [4.69, 9.17) is 17.3 Å². The second-order valence-electron chi connectivity index (χ2n) is 5.47. The summed E-state index contributed by atoms with van der Waals surface area (Å²) in [7, 11) is 0. The Hall–Kier alpha value is -0.290. The van der Waals surface area contributed by atoms with E-state index in [0.717, 1.165) is 18.8 Å². The monoisotopic (exact) mass is 302 g/mol. The van der Waals surface area contributed by atoms with Crippen molar-refractivity contribution in [3.05, 3.63) is 34.6 Å². The first-order chi connectivity index (χ1) is 8.94. The van der Waals surface area contributed by atoms with E-state index in [0.29, 0.717) is 17.1 Å². The number of hydrogen-bond acceptors (Lipinski definition) is 3. The fourth-order valence-electron chi connectivity index (χ4n) is 2.60. The molecule has 1 heterocycles. The number of hydrogen-bond donors (Lipinski definition) is 1. The van der Waals surface area contributed by atoms with Gasteiger partial charge in [-0.15, -0.1) is 0 Å². The lowest BCUT2D eigenvalue weighted by molar-refractivity contribution is 0.189. The third kappa shape index (κ3) is 3.43.